The lowest BCUT2D eigenvalue weighted by molar-refractivity contribution is 0.104. The van der Waals surface area contributed by atoms with E-state index in [1.54, 1.807) is 0 Å². The minimum absolute atomic E-state index is 0.268. The SMILES string of the molecule is CCN(C(=O)N1CCCC1C1CCN(C)CC1)C(C)C. The summed E-state index contributed by atoms with van der Waals surface area (Å²) in [5, 5.41) is 0. The van der Waals surface area contributed by atoms with Gasteiger partial charge >= 0.3 is 6.03 Å². The van der Waals surface area contributed by atoms with Crippen LogP contribution >= 0.6 is 0 Å². The van der Waals surface area contributed by atoms with Crippen molar-refractivity contribution >= 4 is 6.03 Å². The zero-order valence-electron chi connectivity index (χ0n) is 13.6. The minimum Gasteiger partial charge on any atom is -0.323 e. The molecule has 0 aromatic heterocycles. The molecule has 2 fully saturated rings. The summed E-state index contributed by atoms with van der Waals surface area (Å²) in [5.41, 5.74) is 0. The highest BCUT2D eigenvalue weighted by molar-refractivity contribution is 5.75. The molecule has 0 aliphatic carbocycles. The van der Waals surface area contributed by atoms with E-state index in [0.717, 1.165) is 13.1 Å². The van der Waals surface area contributed by atoms with Crippen molar-refractivity contribution in [2.45, 2.75) is 58.5 Å². The van der Waals surface area contributed by atoms with Gasteiger partial charge in [0, 0.05) is 25.2 Å². The maximum atomic E-state index is 12.8. The van der Waals surface area contributed by atoms with Crippen molar-refractivity contribution in [2.24, 2.45) is 5.92 Å². The molecule has 2 amide bonds. The molecular formula is C16H31N3O. The second kappa shape index (κ2) is 6.79. The first-order chi connectivity index (χ1) is 9.54. The van der Waals surface area contributed by atoms with Gasteiger partial charge in [0.2, 0.25) is 0 Å². The summed E-state index contributed by atoms with van der Waals surface area (Å²) in [6, 6.07) is 1.05. The summed E-state index contributed by atoms with van der Waals surface area (Å²) < 4.78 is 0. The molecule has 4 heteroatoms. The van der Waals surface area contributed by atoms with Gasteiger partial charge in [-0.1, -0.05) is 0 Å². The predicted octanol–water partition coefficient (Wildman–Crippen LogP) is 2.64. The monoisotopic (exact) mass is 281 g/mol. The van der Waals surface area contributed by atoms with Crippen LogP contribution in [-0.2, 0) is 0 Å². The summed E-state index contributed by atoms with van der Waals surface area (Å²) in [4.78, 5) is 19.4. The Labute approximate surface area is 124 Å². The van der Waals surface area contributed by atoms with Gasteiger partial charge in [-0.25, -0.2) is 4.79 Å². The lowest BCUT2D eigenvalue weighted by atomic mass is 9.88. The molecule has 4 nitrogen and oxygen atoms in total. The van der Waals surface area contributed by atoms with E-state index in [4.69, 9.17) is 0 Å². The van der Waals surface area contributed by atoms with Gasteiger partial charge in [-0.2, -0.15) is 0 Å². The van der Waals surface area contributed by atoms with Gasteiger partial charge in [0.25, 0.3) is 0 Å². The van der Waals surface area contributed by atoms with Crippen LogP contribution in [0.3, 0.4) is 0 Å². The highest BCUT2D eigenvalue weighted by atomic mass is 16.2. The molecule has 0 saturated carbocycles. The molecule has 0 N–H and O–H groups in total. The van der Waals surface area contributed by atoms with E-state index in [2.05, 4.69) is 37.6 Å². The molecule has 2 rings (SSSR count). The first kappa shape index (κ1) is 15.6. The van der Waals surface area contributed by atoms with Crippen LogP contribution in [0.15, 0.2) is 0 Å². The number of piperidine rings is 1. The number of carbonyl (C=O) groups is 1. The van der Waals surface area contributed by atoms with E-state index in [1.807, 2.05) is 4.90 Å². The first-order valence-electron chi connectivity index (χ1n) is 8.30. The van der Waals surface area contributed by atoms with Crippen LogP contribution in [0.1, 0.15) is 46.5 Å². The van der Waals surface area contributed by atoms with Gasteiger partial charge in [0.15, 0.2) is 0 Å². The third kappa shape index (κ3) is 3.27. The molecule has 1 atom stereocenters. The third-order valence-corrected chi connectivity index (χ3v) is 5.06. The number of urea groups is 1. The molecular weight excluding hydrogens is 250 g/mol. The number of hydrogen-bond donors (Lipinski definition) is 0. The Morgan fingerprint density at radius 1 is 1.20 bits per heavy atom. The molecule has 1 unspecified atom stereocenters. The molecule has 116 valence electrons. The quantitative estimate of drug-likeness (QED) is 0.795. The van der Waals surface area contributed by atoms with Gasteiger partial charge in [-0.3, -0.25) is 0 Å². The van der Waals surface area contributed by atoms with Gasteiger partial charge < -0.3 is 14.7 Å². The number of likely N-dealkylation sites (tertiary alicyclic amines) is 2. The zero-order valence-corrected chi connectivity index (χ0v) is 13.6. The van der Waals surface area contributed by atoms with Gasteiger partial charge in [0.1, 0.15) is 0 Å². The van der Waals surface area contributed by atoms with Crippen molar-refractivity contribution in [3.8, 4) is 0 Å². The summed E-state index contributed by atoms with van der Waals surface area (Å²) in [7, 11) is 2.20. The Balaban J connectivity index is 2.01. The molecule has 2 saturated heterocycles. The molecule has 20 heavy (non-hydrogen) atoms. The predicted molar refractivity (Wildman–Crippen MR) is 82.9 cm³/mol. The standard InChI is InChI=1S/C16H31N3O/c1-5-18(13(2)3)16(20)19-10-6-7-15(19)14-8-11-17(4)12-9-14/h13-15H,5-12H2,1-4H3. The fraction of sp³-hybridized carbons (Fsp3) is 0.938. The van der Waals surface area contributed by atoms with Crippen LogP contribution in [0.5, 0.6) is 0 Å². The van der Waals surface area contributed by atoms with Crippen LogP contribution in [0, 0.1) is 5.92 Å². The van der Waals surface area contributed by atoms with Crippen molar-refractivity contribution in [2.75, 3.05) is 33.2 Å². The Kier molecular flexibility index (Phi) is 5.30. The lowest BCUT2D eigenvalue weighted by Crippen LogP contribution is -2.51. The van der Waals surface area contributed by atoms with Crippen LogP contribution in [0.2, 0.25) is 0 Å². The summed E-state index contributed by atoms with van der Waals surface area (Å²) in [6.45, 7) is 10.4. The first-order valence-corrected chi connectivity index (χ1v) is 8.30. The topological polar surface area (TPSA) is 26.8 Å². The van der Waals surface area contributed by atoms with E-state index < -0.39 is 0 Å². The van der Waals surface area contributed by atoms with Crippen molar-refractivity contribution in [3.63, 3.8) is 0 Å². The van der Waals surface area contributed by atoms with Gasteiger partial charge in [0.05, 0.1) is 0 Å². The average Bonchev–Trinajstić information content (AvgIpc) is 2.89. The van der Waals surface area contributed by atoms with Gasteiger partial charge in [-0.05, 0) is 72.5 Å². The third-order valence-electron chi connectivity index (χ3n) is 5.06. The Morgan fingerprint density at radius 2 is 1.85 bits per heavy atom. The van der Waals surface area contributed by atoms with E-state index in [-0.39, 0.29) is 6.03 Å². The second-order valence-electron chi connectivity index (χ2n) is 6.71. The number of hydrogen-bond acceptors (Lipinski definition) is 2. The van der Waals surface area contributed by atoms with Crippen LogP contribution in [0.25, 0.3) is 0 Å². The molecule has 0 radical (unpaired) electrons. The Hall–Kier alpha value is -0.770. The summed E-state index contributed by atoms with van der Waals surface area (Å²) in [6.07, 6.45) is 4.88. The maximum absolute atomic E-state index is 12.8. The molecule has 2 aliphatic rings. The summed E-state index contributed by atoms with van der Waals surface area (Å²) in [5.74, 6) is 0.712. The van der Waals surface area contributed by atoms with E-state index in [1.165, 1.54) is 38.8 Å². The molecule has 2 heterocycles. The van der Waals surface area contributed by atoms with Crippen LogP contribution in [-0.4, -0.2) is 66.0 Å². The zero-order chi connectivity index (χ0) is 14.7. The molecule has 0 bridgehead atoms. The molecule has 0 spiro atoms. The van der Waals surface area contributed by atoms with Gasteiger partial charge in [-0.15, -0.1) is 0 Å². The highest BCUT2D eigenvalue weighted by Gasteiger charge is 2.37. The summed E-state index contributed by atoms with van der Waals surface area (Å²) >= 11 is 0. The number of carbonyl (C=O) groups excluding carboxylic acids is 1. The Morgan fingerprint density at radius 3 is 2.40 bits per heavy atom. The normalized spacial score (nSPS) is 25.4. The number of nitrogens with zero attached hydrogens (tertiary/aromatic N) is 3. The Bertz CT molecular complexity index is 324. The van der Waals surface area contributed by atoms with Crippen molar-refractivity contribution in [3.05, 3.63) is 0 Å². The van der Waals surface area contributed by atoms with Crippen LogP contribution in [0.4, 0.5) is 4.79 Å². The maximum Gasteiger partial charge on any atom is 0.320 e. The molecule has 0 aromatic rings. The van der Waals surface area contributed by atoms with Crippen molar-refractivity contribution < 1.29 is 4.79 Å². The number of amides is 2. The second-order valence-corrected chi connectivity index (χ2v) is 6.71. The van der Waals surface area contributed by atoms with E-state index >= 15 is 0 Å². The smallest absolute Gasteiger partial charge is 0.320 e. The molecule has 0 aromatic carbocycles. The highest BCUT2D eigenvalue weighted by Crippen LogP contribution is 2.31. The largest absolute Gasteiger partial charge is 0.323 e. The van der Waals surface area contributed by atoms with Crippen molar-refractivity contribution in [1.29, 1.82) is 0 Å². The lowest BCUT2D eigenvalue weighted by Gasteiger charge is -2.39. The molecule has 2 aliphatic heterocycles. The average molecular weight is 281 g/mol. The van der Waals surface area contributed by atoms with E-state index in [9.17, 15) is 4.79 Å². The van der Waals surface area contributed by atoms with Crippen molar-refractivity contribution in [1.82, 2.24) is 14.7 Å². The number of rotatable bonds is 3. The fourth-order valence-corrected chi connectivity index (χ4v) is 3.82. The minimum atomic E-state index is 0.268. The van der Waals surface area contributed by atoms with E-state index in [0.29, 0.717) is 18.0 Å². The fourth-order valence-electron chi connectivity index (χ4n) is 3.82. The van der Waals surface area contributed by atoms with Crippen LogP contribution < -0.4 is 0 Å².